The molecule has 2 aliphatic rings. The van der Waals surface area contributed by atoms with Crippen molar-refractivity contribution in [3.63, 3.8) is 0 Å². The number of ether oxygens (including phenoxy) is 2. The molecule has 2 N–H and O–H groups in total. The molecule has 0 radical (unpaired) electrons. The maximum atomic E-state index is 11.0. The lowest BCUT2D eigenvalue weighted by Gasteiger charge is -2.28. The third-order valence-electron chi connectivity index (χ3n) is 3.99. The minimum absolute atomic E-state index is 0.0300. The molecule has 5 heteroatoms. The van der Waals surface area contributed by atoms with Gasteiger partial charge in [-0.2, -0.15) is 0 Å². The lowest BCUT2D eigenvalue weighted by atomic mass is 9.97. The van der Waals surface area contributed by atoms with Crippen LogP contribution in [0.1, 0.15) is 17.9 Å². The van der Waals surface area contributed by atoms with Gasteiger partial charge in [0.15, 0.2) is 0 Å². The van der Waals surface area contributed by atoms with Gasteiger partial charge >= 0.3 is 5.97 Å². The maximum absolute atomic E-state index is 11.0. The molecule has 1 fully saturated rings. The number of carboxylic acid groups (broad SMARTS) is 1. The van der Waals surface area contributed by atoms with Crippen molar-refractivity contribution in [1.82, 2.24) is 5.32 Å². The van der Waals surface area contributed by atoms with Gasteiger partial charge in [0.25, 0.3) is 0 Å². The van der Waals surface area contributed by atoms with Gasteiger partial charge in [0.05, 0.1) is 25.2 Å². The number of piperidine rings is 1. The molecule has 0 saturated carbocycles. The highest BCUT2D eigenvalue weighted by atomic mass is 16.5. The zero-order valence-electron chi connectivity index (χ0n) is 11.2. The number of rotatable bonds is 4. The van der Waals surface area contributed by atoms with Crippen LogP contribution < -0.4 is 10.1 Å². The van der Waals surface area contributed by atoms with Crippen LogP contribution in [0.3, 0.4) is 0 Å². The first-order valence-electron chi connectivity index (χ1n) is 7.01. The van der Waals surface area contributed by atoms with E-state index in [1.807, 2.05) is 18.2 Å². The Labute approximate surface area is 117 Å². The van der Waals surface area contributed by atoms with E-state index in [1.54, 1.807) is 0 Å². The van der Waals surface area contributed by atoms with Crippen LogP contribution in [0.4, 0.5) is 0 Å². The zero-order valence-corrected chi connectivity index (χ0v) is 11.2. The number of para-hydroxylation sites is 1. The summed E-state index contributed by atoms with van der Waals surface area (Å²) >= 11 is 0. The number of hydrogen-bond donors (Lipinski definition) is 2. The zero-order chi connectivity index (χ0) is 13.9. The van der Waals surface area contributed by atoms with Crippen LogP contribution >= 0.6 is 0 Å². The molecule has 1 aromatic carbocycles. The highest BCUT2D eigenvalue weighted by Crippen LogP contribution is 2.33. The van der Waals surface area contributed by atoms with Crippen molar-refractivity contribution in [3.8, 4) is 5.75 Å². The lowest BCUT2D eigenvalue weighted by Crippen LogP contribution is -2.44. The van der Waals surface area contributed by atoms with Crippen LogP contribution in [-0.2, 0) is 9.53 Å². The van der Waals surface area contributed by atoms with Gasteiger partial charge in [-0.05, 0) is 12.5 Å². The molecule has 108 valence electrons. The number of hydrogen-bond acceptors (Lipinski definition) is 4. The second-order valence-electron chi connectivity index (χ2n) is 5.43. The highest BCUT2D eigenvalue weighted by Gasteiger charge is 2.29. The summed E-state index contributed by atoms with van der Waals surface area (Å²) in [5.41, 5.74) is 1.19. The Kier molecular flexibility index (Phi) is 3.89. The molecule has 20 heavy (non-hydrogen) atoms. The Hall–Kier alpha value is -1.59. The third kappa shape index (κ3) is 2.78. The molecular formula is C15H19NO4. The van der Waals surface area contributed by atoms with Crippen LogP contribution in [-0.4, -0.2) is 43.5 Å². The Morgan fingerprint density at radius 2 is 2.25 bits per heavy atom. The normalized spacial score (nSPS) is 28.7. The van der Waals surface area contributed by atoms with Crippen LogP contribution in [0.2, 0.25) is 0 Å². The number of carboxylic acids is 1. The van der Waals surface area contributed by atoms with Crippen molar-refractivity contribution in [3.05, 3.63) is 29.8 Å². The van der Waals surface area contributed by atoms with E-state index < -0.39 is 5.97 Å². The van der Waals surface area contributed by atoms with Crippen LogP contribution in [0.5, 0.6) is 5.75 Å². The minimum atomic E-state index is -0.750. The number of fused-ring (bicyclic) bond motifs is 1. The fourth-order valence-electron chi connectivity index (χ4n) is 2.84. The molecule has 1 saturated heterocycles. The predicted octanol–water partition coefficient (Wildman–Crippen LogP) is 1.24. The Morgan fingerprint density at radius 3 is 3.10 bits per heavy atom. The van der Waals surface area contributed by atoms with Crippen molar-refractivity contribution in [2.45, 2.75) is 18.4 Å². The third-order valence-corrected chi connectivity index (χ3v) is 3.99. The number of carbonyl (C=O) groups is 1. The molecule has 0 bridgehead atoms. The Morgan fingerprint density at radius 1 is 1.40 bits per heavy atom. The molecule has 2 aliphatic heterocycles. The van der Waals surface area contributed by atoms with Crippen molar-refractivity contribution >= 4 is 5.97 Å². The smallest absolute Gasteiger partial charge is 0.307 e. The SMILES string of the molecule is O=C(O)C1CNCC(OCC2COc3ccccc32)C1. The molecule has 3 atom stereocenters. The summed E-state index contributed by atoms with van der Waals surface area (Å²) in [5, 5.41) is 12.2. The van der Waals surface area contributed by atoms with Gasteiger partial charge in [0.2, 0.25) is 0 Å². The van der Waals surface area contributed by atoms with Gasteiger partial charge in [-0.3, -0.25) is 4.79 Å². The molecule has 2 heterocycles. The van der Waals surface area contributed by atoms with E-state index in [0.29, 0.717) is 26.2 Å². The van der Waals surface area contributed by atoms with E-state index in [0.717, 1.165) is 12.3 Å². The Balaban J connectivity index is 1.54. The first kappa shape index (κ1) is 13.4. The van der Waals surface area contributed by atoms with Crippen molar-refractivity contribution in [1.29, 1.82) is 0 Å². The number of nitrogens with one attached hydrogen (secondary N) is 1. The average molecular weight is 277 g/mol. The summed E-state index contributed by atoms with van der Waals surface area (Å²) in [7, 11) is 0. The summed E-state index contributed by atoms with van der Waals surface area (Å²) in [5.74, 6) is 0.0869. The molecule has 0 aromatic heterocycles. The molecular weight excluding hydrogens is 258 g/mol. The van der Waals surface area contributed by atoms with Gasteiger partial charge in [0, 0.05) is 24.6 Å². The van der Waals surface area contributed by atoms with Gasteiger partial charge < -0.3 is 19.9 Å². The maximum Gasteiger partial charge on any atom is 0.307 e. The van der Waals surface area contributed by atoms with E-state index >= 15 is 0 Å². The topological polar surface area (TPSA) is 67.8 Å². The van der Waals surface area contributed by atoms with Gasteiger partial charge in [-0.25, -0.2) is 0 Å². The predicted molar refractivity (Wildman–Crippen MR) is 73.0 cm³/mol. The van der Waals surface area contributed by atoms with E-state index in [4.69, 9.17) is 14.6 Å². The van der Waals surface area contributed by atoms with Crippen LogP contribution in [0.25, 0.3) is 0 Å². The fourth-order valence-corrected chi connectivity index (χ4v) is 2.84. The lowest BCUT2D eigenvalue weighted by molar-refractivity contribution is -0.144. The molecule has 0 aliphatic carbocycles. The molecule has 3 rings (SSSR count). The summed E-state index contributed by atoms with van der Waals surface area (Å²) in [6.07, 6.45) is 0.551. The average Bonchev–Trinajstić information content (AvgIpc) is 2.89. The minimum Gasteiger partial charge on any atom is -0.493 e. The van der Waals surface area contributed by atoms with E-state index in [-0.39, 0.29) is 17.9 Å². The van der Waals surface area contributed by atoms with Crippen molar-refractivity contribution in [2.24, 2.45) is 5.92 Å². The molecule has 3 unspecified atom stereocenters. The fraction of sp³-hybridized carbons (Fsp3) is 0.533. The monoisotopic (exact) mass is 277 g/mol. The first-order valence-corrected chi connectivity index (χ1v) is 7.01. The second kappa shape index (κ2) is 5.81. The largest absolute Gasteiger partial charge is 0.493 e. The summed E-state index contributed by atoms with van der Waals surface area (Å²) in [6.45, 7) is 2.47. The van der Waals surface area contributed by atoms with E-state index in [2.05, 4.69) is 11.4 Å². The van der Waals surface area contributed by atoms with E-state index in [9.17, 15) is 4.79 Å². The number of benzene rings is 1. The molecule has 5 nitrogen and oxygen atoms in total. The van der Waals surface area contributed by atoms with E-state index in [1.165, 1.54) is 5.56 Å². The molecule has 0 spiro atoms. The molecule has 1 aromatic rings. The molecule has 0 amide bonds. The standard InChI is InChI=1S/C15H19NO4/c17-15(18)10-5-12(7-16-6-10)19-8-11-9-20-14-4-2-1-3-13(11)14/h1-4,10-12,16H,5-9H2,(H,17,18). The van der Waals surface area contributed by atoms with Gasteiger partial charge in [-0.1, -0.05) is 18.2 Å². The summed E-state index contributed by atoms with van der Waals surface area (Å²) < 4.78 is 11.5. The second-order valence-corrected chi connectivity index (χ2v) is 5.43. The summed E-state index contributed by atoms with van der Waals surface area (Å²) in [4.78, 5) is 11.0. The highest BCUT2D eigenvalue weighted by molar-refractivity contribution is 5.70. The Bertz CT molecular complexity index is 491. The number of aliphatic carboxylic acids is 1. The van der Waals surface area contributed by atoms with Crippen LogP contribution in [0, 0.1) is 5.92 Å². The van der Waals surface area contributed by atoms with Crippen LogP contribution in [0.15, 0.2) is 24.3 Å². The first-order chi connectivity index (χ1) is 9.74. The van der Waals surface area contributed by atoms with Crippen molar-refractivity contribution in [2.75, 3.05) is 26.3 Å². The summed E-state index contributed by atoms with van der Waals surface area (Å²) in [6, 6.07) is 8.00. The van der Waals surface area contributed by atoms with Crippen molar-refractivity contribution < 1.29 is 19.4 Å². The quantitative estimate of drug-likeness (QED) is 0.866. The van der Waals surface area contributed by atoms with Gasteiger partial charge in [0.1, 0.15) is 5.75 Å². The van der Waals surface area contributed by atoms with Gasteiger partial charge in [-0.15, -0.1) is 0 Å².